The van der Waals surface area contributed by atoms with Crippen molar-refractivity contribution < 1.29 is 14.3 Å². The summed E-state index contributed by atoms with van der Waals surface area (Å²) in [4.78, 5) is 17.0. The Morgan fingerprint density at radius 2 is 1.59 bits per heavy atom. The van der Waals surface area contributed by atoms with Gasteiger partial charge in [-0.2, -0.15) is 0 Å². The Labute approximate surface area is 187 Å². The molecule has 3 aromatic carbocycles. The van der Waals surface area contributed by atoms with Crippen molar-refractivity contribution in [3.63, 3.8) is 0 Å². The fourth-order valence-corrected chi connectivity index (χ4v) is 3.33. The third kappa shape index (κ3) is 5.13. The number of nitrogens with zero attached hydrogens (tertiary/aromatic N) is 1. The van der Waals surface area contributed by atoms with Gasteiger partial charge in [0.05, 0.1) is 6.61 Å². The van der Waals surface area contributed by atoms with E-state index >= 15 is 0 Å². The summed E-state index contributed by atoms with van der Waals surface area (Å²) in [5, 5.41) is 3.03. The van der Waals surface area contributed by atoms with Crippen LogP contribution in [0.3, 0.4) is 0 Å². The van der Waals surface area contributed by atoms with Crippen molar-refractivity contribution in [3.05, 3.63) is 108 Å². The minimum Gasteiger partial charge on any atom is -0.490 e. The maximum atomic E-state index is 13.0. The second-order valence-corrected chi connectivity index (χ2v) is 7.10. The molecule has 0 fully saturated rings. The number of hydrogen-bond donors (Lipinski definition) is 1. The first kappa shape index (κ1) is 21.1. The van der Waals surface area contributed by atoms with E-state index in [9.17, 15) is 4.79 Å². The summed E-state index contributed by atoms with van der Waals surface area (Å²) in [6, 6.07) is 26.7. The molecule has 0 aliphatic carbocycles. The van der Waals surface area contributed by atoms with Crippen LogP contribution in [0.2, 0.25) is 0 Å². The summed E-state index contributed by atoms with van der Waals surface area (Å²) in [6.07, 6.45) is 3.45. The molecule has 0 atom stereocenters. The molecule has 32 heavy (non-hydrogen) atoms. The first-order valence-corrected chi connectivity index (χ1v) is 10.5. The molecule has 0 bridgehead atoms. The van der Waals surface area contributed by atoms with E-state index in [1.165, 1.54) is 0 Å². The maximum absolute atomic E-state index is 13.0. The molecule has 5 heteroatoms. The van der Waals surface area contributed by atoms with Gasteiger partial charge >= 0.3 is 0 Å². The molecular weight excluding hydrogens is 400 g/mol. The van der Waals surface area contributed by atoms with E-state index in [2.05, 4.69) is 10.3 Å². The van der Waals surface area contributed by atoms with Crippen LogP contribution < -0.4 is 14.8 Å². The number of ether oxygens (including phenoxy) is 2. The van der Waals surface area contributed by atoms with Crippen molar-refractivity contribution in [3.8, 4) is 22.6 Å². The molecule has 0 unspecified atom stereocenters. The van der Waals surface area contributed by atoms with E-state index in [1.54, 1.807) is 30.6 Å². The molecule has 4 aromatic rings. The number of anilines is 1. The molecule has 1 N–H and O–H groups in total. The lowest BCUT2D eigenvalue weighted by Crippen LogP contribution is -2.13. The smallest absolute Gasteiger partial charge is 0.255 e. The number of aromatic nitrogens is 1. The second kappa shape index (κ2) is 10.3. The highest BCUT2D eigenvalue weighted by atomic mass is 16.5. The first-order valence-electron chi connectivity index (χ1n) is 10.5. The number of para-hydroxylation sites is 1. The number of pyridine rings is 1. The highest BCUT2D eigenvalue weighted by Gasteiger charge is 2.14. The monoisotopic (exact) mass is 424 g/mol. The van der Waals surface area contributed by atoms with Crippen molar-refractivity contribution >= 4 is 11.6 Å². The fourth-order valence-electron chi connectivity index (χ4n) is 3.33. The van der Waals surface area contributed by atoms with Gasteiger partial charge in [-0.15, -0.1) is 0 Å². The van der Waals surface area contributed by atoms with Gasteiger partial charge in [-0.3, -0.25) is 9.78 Å². The topological polar surface area (TPSA) is 60.5 Å². The van der Waals surface area contributed by atoms with Crippen LogP contribution in [0.15, 0.2) is 97.3 Å². The first-order chi connectivity index (χ1) is 15.7. The van der Waals surface area contributed by atoms with Gasteiger partial charge in [0.2, 0.25) is 0 Å². The van der Waals surface area contributed by atoms with Gasteiger partial charge in [-0.1, -0.05) is 48.5 Å². The molecule has 1 heterocycles. The van der Waals surface area contributed by atoms with Crippen LogP contribution in [0.5, 0.6) is 11.5 Å². The highest BCUT2D eigenvalue weighted by Crippen LogP contribution is 2.31. The van der Waals surface area contributed by atoms with Crippen LogP contribution in [0, 0.1) is 0 Å². The van der Waals surface area contributed by atoms with Crippen molar-refractivity contribution in [2.24, 2.45) is 0 Å². The van der Waals surface area contributed by atoms with E-state index in [0.29, 0.717) is 30.3 Å². The van der Waals surface area contributed by atoms with Gasteiger partial charge in [0.15, 0.2) is 11.5 Å². The molecule has 0 aliphatic rings. The molecule has 0 saturated heterocycles. The average Bonchev–Trinajstić information content (AvgIpc) is 2.85. The summed E-state index contributed by atoms with van der Waals surface area (Å²) in [5.41, 5.74) is 4.25. The Morgan fingerprint density at radius 3 is 2.38 bits per heavy atom. The lowest BCUT2D eigenvalue weighted by molar-refractivity contribution is 0.102. The molecule has 160 valence electrons. The van der Waals surface area contributed by atoms with Gasteiger partial charge in [0.25, 0.3) is 5.91 Å². The summed E-state index contributed by atoms with van der Waals surface area (Å²) in [7, 11) is 0. The normalized spacial score (nSPS) is 10.4. The number of benzene rings is 3. The lowest BCUT2D eigenvalue weighted by Gasteiger charge is -2.15. The predicted molar refractivity (Wildman–Crippen MR) is 126 cm³/mol. The zero-order valence-electron chi connectivity index (χ0n) is 17.8. The number of carbonyl (C=O) groups excluding carboxylic acids is 1. The van der Waals surface area contributed by atoms with Crippen molar-refractivity contribution in [2.45, 2.75) is 13.5 Å². The fraction of sp³-hybridized carbons (Fsp3) is 0.111. The van der Waals surface area contributed by atoms with Gasteiger partial charge in [-0.25, -0.2) is 0 Å². The van der Waals surface area contributed by atoms with E-state index in [0.717, 1.165) is 22.4 Å². The zero-order valence-corrected chi connectivity index (χ0v) is 17.8. The Hall–Kier alpha value is -4.12. The molecule has 0 aliphatic heterocycles. The summed E-state index contributed by atoms with van der Waals surface area (Å²) < 4.78 is 11.7. The minimum absolute atomic E-state index is 0.213. The molecule has 0 radical (unpaired) electrons. The van der Waals surface area contributed by atoms with Gasteiger partial charge in [0.1, 0.15) is 6.61 Å². The number of rotatable bonds is 8. The van der Waals surface area contributed by atoms with Gasteiger partial charge in [-0.05, 0) is 54.4 Å². The van der Waals surface area contributed by atoms with Crippen LogP contribution in [0.1, 0.15) is 22.8 Å². The van der Waals surface area contributed by atoms with Crippen LogP contribution >= 0.6 is 0 Å². The molecule has 5 nitrogen and oxygen atoms in total. The van der Waals surface area contributed by atoms with Gasteiger partial charge < -0.3 is 14.8 Å². The molecule has 1 amide bonds. The van der Waals surface area contributed by atoms with Crippen molar-refractivity contribution in [1.29, 1.82) is 0 Å². The molecule has 1 aromatic heterocycles. The summed E-state index contributed by atoms with van der Waals surface area (Å²) in [6.45, 7) is 2.75. The Morgan fingerprint density at radius 1 is 0.844 bits per heavy atom. The summed E-state index contributed by atoms with van der Waals surface area (Å²) in [5.74, 6) is 0.908. The largest absolute Gasteiger partial charge is 0.490 e. The predicted octanol–water partition coefficient (Wildman–Crippen LogP) is 5.98. The zero-order chi connectivity index (χ0) is 22.2. The third-order valence-electron chi connectivity index (χ3n) is 4.91. The van der Waals surface area contributed by atoms with E-state index < -0.39 is 0 Å². The maximum Gasteiger partial charge on any atom is 0.255 e. The lowest BCUT2D eigenvalue weighted by atomic mass is 10.0. The van der Waals surface area contributed by atoms with E-state index in [1.807, 2.05) is 73.7 Å². The molecular formula is C27H24N2O3. The molecule has 0 spiro atoms. The number of hydrogen-bond acceptors (Lipinski definition) is 4. The van der Waals surface area contributed by atoms with Crippen LogP contribution in [0.25, 0.3) is 11.1 Å². The van der Waals surface area contributed by atoms with Crippen LogP contribution in [-0.4, -0.2) is 17.5 Å². The quantitative estimate of drug-likeness (QED) is 0.378. The highest BCUT2D eigenvalue weighted by molar-refractivity contribution is 6.06. The Kier molecular flexibility index (Phi) is 6.78. The Balaban J connectivity index is 1.54. The van der Waals surface area contributed by atoms with Gasteiger partial charge in [0, 0.05) is 29.2 Å². The second-order valence-electron chi connectivity index (χ2n) is 7.10. The van der Waals surface area contributed by atoms with E-state index in [-0.39, 0.29) is 5.91 Å². The molecule has 4 rings (SSSR count). The minimum atomic E-state index is -0.213. The number of amides is 1. The molecule has 0 saturated carbocycles. The Bertz CT molecular complexity index is 1180. The number of nitrogens with one attached hydrogen (secondary N) is 1. The van der Waals surface area contributed by atoms with Crippen molar-refractivity contribution in [1.82, 2.24) is 4.98 Å². The summed E-state index contributed by atoms with van der Waals surface area (Å²) >= 11 is 0. The average molecular weight is 425 g/mol. The number of carbonyl (C=O) groups is 1. The third-order valence-corrected chi connectivity index (χ3v) is 4.91. The van der Waals surface area contributed by atoms with Crippen LogP contribution in [0.4, 0.5) is 5.69 Å². The van der Waals surface area contributed by atoms with E-state index in [4.69, 9.17) is 9.47 Å². The van der Waals surface area contributed by atoms with Crippen molar-refractivity contribution in [2.75, 3.05) is 11.9 Å². The standard InChI is InChI=1S/C27H24N2O3/c1-2-31-26-18-22(12-13-25(26)32-19-20-14-16-28-17-15-20)27(30)29-24-11-7-6-10-23(24)21-8-4-3-5-9-21/h3-18H,2,19H2,1H3,(H,29,30). The van der Waals surface area contributed by atoms with Crippen LogP contribution in [-0.2, 0) is 6.61 Å². The SMILES string of the molecule is CCOc1cc(C(=O)Nc2ccccc2-c2ccccc2)ccc1OCc1ccncc1.